The minimum absolute atomic E-state index is 0.0323. The number of nitrogens with zero attached hydrogens (tertiary/aromatic N) is 7. The summed E-state index contributed by atoms with van der Waals surface area (Å²) in [7, 11) is 3.91. The SMILES string of the molecule is CCn1cnc2c(NC3CCN(C(=O)OC4CCN(C(=O)/C=C/CN(C)C)C4)CC3)nc(C)nc21. The van der Waals surface area contributed by atoms with E-state index in [1.165, 1.54) is 0 Å². The zero-order valence-electron chi connectivity index (χ0n) is 21.1. The topological polar surface area (TPSA) is 109 Å². The molecule has 4 rings (SSSR count). The van der Waals surface area contributed by atoms with Crippen LogP contribution in [0.25, 0.3) is 11.2 Å². The van der Waals surface area contributed by atoms with Crippen molar-refractivity contribution in [3.63, 3.8) is 0 Å². The normalized spacial score (nSPS) is 19.3. The van der Waals surface area contributed by atoms with Crippen LogP contribution in [-0.2, 0) is 16.1 Å². The summed E-state index contributed by atoms with van der Waals surface area (Å²) < 4.78 is 7.73. The van der Waals surface area contributed by atoms with E-state index in [2.05, 4.69) is 27.2 Å². The summed E-state index contributed by atoms with van der Waals surface area (Å²) in [5, 5.41) is 3.52. The number of likely N-dealkylation sites (N-methyl/N-ethyl adjacent to an activating group) is 1. The van der Waals surface area contributed by atoms with Crippen molar-refractivity contribution in [2.24, 2.45) is 0 Å². The molecular weight excluding hydrogens is 448 g/mol. The van der Waals surface area contributed by atoms with Crippen LogP contribution in [0, 0.1) is 6.92 Å². The van der Waals surface area contributed by atoms with Crippen molar-refractivity contribution in [3.05, 3.63) is 24.3 Å². The molecule has 4 heterocycles. The Morgan fingerprint density at radius 2 is 1.91 bits per heavy atom. The van der Waals surface area contributed by atoms with Crippen molar-refractivity contribution in [1.29, 1.82) is 0 Å². The van der Waals surface area contributed by atoms with Gasteiger partial charge in [0.05, 0.1) is 12.9 Å². The molecule has 2 aliphatic rings. The van der Waals surface area contributed by atoms with Gasteiger partial charge in [0.25, 0.3) is 0 Å². The Morgan fingerprint density at radius 1 is 1.17 bits per heavy atom. The van der Waals surface area contributed by atoms with Gasteiger partial charge in [-0.15, -0.1) is 0 Å². The Labute approximate surface area is 206 Å². The van der Waals surface area contributed by atoms with Gasteiger partial charge in [-0.25, -0.2) is 19.7 Å². The summed E-state index contributed by atoms with van der Waals surface area (Å²) in [6.07, 6.45) is 6.94. The molecule has 2 amide bonds. The van der Waals surface area contributed by atoms with Gasteiger partial charge in [0.2, 0.25) is 5.91 Å². The fourth-order valence-corrected chi connectivity index (χ4v) is 4.50. The predicted molar refractivity (Wildman–Crippen MR) is 133 cm³/mol. The first-order chi connectivity index (χ1) is 16.8. The van der Waals surface area contributed by atoms with Gasteiger partial charge in [0, 0.05) is 51.3 Å². The maximum Gasteiger partial charge on any atom is 0.410 e. The summed E-state index contributed by atoms with van der Waals surface area (Å²) in [6, 6.07) is 0.192. The number of carbonyl (C=O) groups excluding carboxylic acids is 2. The quantitative estimate of drug-likeness (QED) is 0.594. The maximum atomic E-state index is 12.7. The summed E-state index contributed by atoms with van der Waals surface area (Å²) in [4.78, 5) is 44.1. The van der Waals surface area contributed by atoms with Gasteiger partial charge in [-0.3, -0.25) is 4.79 Å². The van der Waals surface area contributed by atoms with E-state index in [-0.39, 0.29) is 24.1 Å². The number of likely N-dealkylation sites (tertiary alicyclic amines) is 2. The molecule has 190 valence electrons. The number of fused-ring (bicyclic) bond motifs is 1. The molecule has 1 unspecified atom stereocenters. The van der Waals surface area contributed by atoms with Crippen molar-refractivity contribution in [3.8, 4) is 0 Å². The minimum atomic E-state index is -0.298. The van der Waals surface area contributed by atoms with Gasteiger partial charge in [0.15, 0.2) is 11.5 Å². The molecule has 2 saturated heterocycles. The Morgan fingerprint density at radius 3 is 2.63 bits per heavy atom. The molecule has 0 bridgehead atoms. The van der Waals surface area contributed by atoms with Crippen LogP contribution in [0.3, 0.4) is 0 Å². The fourth-order valence-electron chi connectivity index (χ4n) is 4.50. The number of hydrogen-bond donors (Lipinski definition) is 1. The Kier molecular flexibility index (Phi) is 7.84. The van der Waals surface area contributed by atoms with Gasteiger partial charge < -0.3 is 29.3 Å². The number of aromatic nitrogens is 4. The first-order valence-electron chi connectivity index (χ1n) is 12.4. The van der Waals surface area contributed by atoms with Crippen LogP contribution < -0.4 is 5.32 Å². The summed E-state index contributed by atoms with van der Waals surface area (Å²) >= 11 is 0. The van der Waals surface area contributed by atoms with Crippen LogP contribution in [0.4, 0.5) is 10.6 Å². The molecule has 11 heteroatoms. The lowest BCUT2D eigenvalue weighted by atomic mass is 10.1. The number of amides is 2. The molecule has 11 nitrogen and oxygen atoms in total. The number of imidazole rings is 1. The number of carbonyl (C=O) groups is 2. The number of hydrogen-bond acceptors (Lipinski definition) is 8. The summed E-state index contributed by atoms with van der Waals surface area (Å²) in [5.41, 5.74) is 1.61. The number of nitrogens with one attached hydrogen (secondary N) is 1. The van der Waals surface area contributed by atoms with E-state index in [1.54, 1.807) is 22.2 Å². The number of anilines is 1. The van der Waals surface area contributed by atoms with Crippen LogP contribution in [0.15, 0.2) is 18.5 Å². The summed E-state index contributed by atoms with van der Waals surface area (Å²) in [5.74, 6) is 1.42. The largest absolute Gasteiger partial charge is 0.444 e. The van der Waals surface area contributed by atoms with Crippen LogP contribution in [0.1, 0.15) is 32.0 Å². The van der Waals surface area contributed by atoms with E-state index in [9.17, 15) is 9.59 Å². The Hall–Kier alpha value is -3.21. The second-order valence-corrected chi connectivity index (χ2v) is 9.47. The molecule has 2 aromatic heterocycles. The highest BCUT2D eigenvalue weighted by molar-refractivity contribution is 5.88. The van der Waals surface area contributed by atoms with Gasteiger partial charge in [-0.2, -0.15) is 0 Å². The van der Waals surface area contributed by atoms with Gasteiger partial charge in [-0.05, 0) is 40.8 Å². The number of rotatable bonds is 7. The average molecular weight is 485 g/mol. The molecule has 2 aliphatic heterocycles. The van der Waals surface area contributed by atoms with Crippen LogP contribution in [0.5, 0.6) is 0 Å². The molecule has 1 atom stereocenters. The zero-order chi connectivity index (χ0) is 24.9. The van der Waals surface area contributed by atoms with E-state index < -0.39 is 0 Å². The first kappa shape index (κ1) is 24.9. The molecular formula is C24H36N8O3. The highest BCUT2D eigenvalue weighted by Crippen LogP contribution is 2.23. The molecule has 2 aromatic rings. The molecule has 0 radical (unpaired) electrons. The lowest BCUT2D eigenvalue weighted by molar-refractivity contribution is -0.125. The maximum absolute atomic E-state index is 12.7. The third-order valence-electron chi connectivity index (χ3n) is 6.47. The predicted octanol–water partition coefficient (Wildman–Crippen LogP) is 1.89. The van der Waals surface area contributed by atoms with Crippen LogP contribution >= 0.6 is 0 Å². The van der Waals surface area contributed by atoms with Crippen LogP contribution in [-0.4, -0.2) is 105 Å². The first-order valence-corrected chi connectivity index (χ1v) is 12.4. The summed E-state index contributed by atoms with van der Waals surface area (Å²) in [6.45, 7) is 7.72. The Bertz CT molecular complexity index is 1070. The number of ether oxygens (including phenoxy) is 1. The van der Waals surface area contributed by atoms with E-state index in [0.717, 1.165) is 36.4 Å². The van der Waals surface area contributed by atoms with Crippen molar-refractivity contribution in [1.82, 2.24) is 34.2 Å². The molecule has 1 N–H and O–H groups in total. The van der Waals surface area contributed by atoms with E-state index in [4.69, 9.17) is 4.74 Å². The van der Waals surface area contributed by atoms with Crippen molar-refractivity contribution in [2.75, 3.05) is 52.1 Å². The second kappa shape index (κ2) is 11.0. The highest BCUT2D eigenvalue weighted by Gasteiger charge is 2.31. The third kappa shape index (κ3) is 6.08. The molecule has 0 aromatic carbocycles. The standard InChI is InChI=1S/C24H36N8O3/c1-5-30-16-25-21-22(26-17(2)27-23(21)30)28-18-8-12-31(13-9-18)24(34)35-19-10-14-32(15-19)20(33)7-6-11-29(3)4/h6-7,16,18-19H,5,8-15H2,1-4H3,(H,26,27,28)/b7-6+. The van der Waals surface area contributed by atoms with Crippen LogP contribution in [0.2, 0.25) is 0 Å². The fraction of sp³-hybridized carbons (Fsp3) is 0.625. The third-order valence-corrected chi connectivity index (χ3v) is 6.47. The Balaban J connectivity index is 1.25. The van der Waals surface area contributed by atoms with Gasteiger partial charge in [0.1, 0.15) is 17.4 Å². The minimum Gasteiger partial charge on any atom is -0.444 e. The van der Waals surface area contributed by atoms with Crippen molar-refractivity contribution < 1.29 is 14.3 Å². The lowest BCUT2D eigenvalue weighted by Gasteiger charge is -2.32. The molecule has 0 saturated carbocycles. The molecule has 0 aliphatic carbocycles. The van der Waals surface area contributed by atoms with E-state index >= 15 is 0 Å². The number of piperidine rings is 1. The van der Waals surface area contributed by atoms with Gasteiger partial charge >= 0.3 is 6.09 Å². The lowest BCUT2D eigenvalue weighted by Crippen LogP contribution is -2.44. The molecule has 0 spiro atoms. The van der Waals surface area contributed by atoms with Crippen molar-refractivity contribution in [2.45, 2.75) is 51.8 Å². The highest BCUT2D eigenvalue weighted by atomic mass is 16.6. The molecule has 2 fully saturated rings. The average Bonchev–Trinajstić information content (AvgIpc) is 3.46. The van der Waals surface area contributed by atoms with Crippen molar-refractivity contribution >= 4 is 29.0 Å². The zero-order valence-corrected chi connectivity index (χ0v) is 21.1. The monoisotopic (exact) mass is 484 g/mol. The second-order valence-electron chi connectivity index (χ2n) is 9.47. The van der Waals surface area contributed by atoms with E-state index in [0.29, 0.717) is 45.0 Å². The molecule has 35 heavy (non-hydrogen) atoms. The van der Waals surface area contributed by atoms with E-state index in [1.807, 2.05) is 36.6 Å². The van der Waals surface area contributed by atoms with Gasteiger partial charge in [-0.1, -0.05) is 6.08 Å². The number of aryl methyl sites for hydroxylation is 2. The smallest absolute Gasteiger partial charge is 0.410 e.